The molecule has 0 bridgehead atoms. The van der Waals surface area contributed by atoms with Gasteiger partial charge in [0.2, 0.25) is 0 Å². The van der Waals surface area contributed by atoms with Crippen molar-refractivity contribution in [1.82, 2.24) is 10.2 Å². The number of hydrogen-bond donors (Lipinski definition) is 2. The zero-order valence-corrected chi connectivity index (χ0v) is 9.93. The Morgan fingerprint density at radius 2 is 2.33 bits per heavy atom. The molecule has 1 atom stereocenters. The van der Waals surface area contributed by atoms with Crippen LogP contribution in [-0.4, -0.2) is 16.7 Å². The molecule has 2 N–H and O–H groups in total. The predicted octanol–water partition coefficient (Wildman–Crippen LogP) is 2.60. The van der Waals surface area contributed by atoms with Crippen LogP contribution in [0.15, 0.2) is 0 Å². The lowest BCUT2D eigenvalue weighted by Crippen LogP contribution is -2.19. The van der Waals surface area contributed by atoms with Gasteiger partial charge < -0.3 is 5.32 Å². The zero-order valence-electron chi connectivity index (χ0n) is 9.93. The van der Waals surface area contributed by atoms with E-state index in [0.29, 0.717) is 0 Å². The van der Waals surface area contributed by atoms with Gasteiger partial charge in [-0.1, -0.05) is 13.8 Å². The average Bonchev–Trinajstić information content (AvgIpc) is 2.61. The summed E-state index contributed by atoms with van der Waals surface area (Å²) in [5, 5.41) is 10.8. The largest absolute Gasteiger partial charge is 0.369 e. The van der Waals surface area contributed by atoms with Crippen molar-refractivity contribution in [1.29, 1.82) is 0 Å². The molecular formula is C12H21N3. The van der Waals surface area contributed by atoms with E-state index in [1.54, 1.807) is 0 Å². The third-order valence-electron chi connectivity index (χ3n) is 3.47. The normalized spacial score (nSPS) is 20.4. The van der Waals surface area contributed by atoms with Crippen LogP contribution < -0.4 is 5.32 Å². The van der Waals surface area contributed by atoms with Gasteiger partial charge >= 0.3 is 0 Å². The molecule has 84 valence electrons. The molecule has 1 unspecified atom stereocenters. The molecule has 1 heterocycles. The van der Waals surface area contributed by atoms with E-state index in [0.717, 1.165) is 30.6 Å². The second kappa shape index (κ2) is 4.25. The number of nitrogens with zero attached hydrogens (tertiary/aromatic N) is 1. The summed E-state index contributed by atoms with van der Waals surface area (Å²) in [4.78, 5) is 0. The molecule has 2 rings (SSSR count). The van der Waals surface area contributed by atoms with Crippen LogP contribution in [0.2, 0.25) is 0 Å². The van der Waals surface area contributed by atoms with Gasteiger partial charge in [-0.3, -0.25) is 5.10 Å². The van der Waals surface area contributed by atoms with Crippen LogP contribution in [0.4, 0.5) is 5.82 Å². The number of rotatable bonds is 3. The summed E-state index contributed by atoms with van der Waals surface area (Å²) in [6.07, 6.45) is 3.65. The van der Waals surface area contributed by atoms with Gasteiger partial charge in [-0.05, 0) is 38.0 Å². The topological polar surface area (TPSA) is 40.7 Å². The van der Waals surface area contributed by atoms with Crippen LogP contribution >= 0.6 is 0 Å². The molecule has 0 fully saturated rings. The highest BCUT2D eigenvalue weighted by atomic mass is 15.2. The molecule has 1 aromatic heterocycles. The summed E-state index contributed by atoms with van der Waals surface area (Å²) in [6.45, 7) is 7.71. The van der Waals surface area contributed by atoms with Gasteiger partial charge in [0.15, 0.2) is 5.82 Å². The number of aromatic amines is 1. The van der Waals surface area contributed by atoms with E-state index in [9.17, 15) is 0 Å². The first-order valence-corrected chi connectivity index (χ1v) is 6.02. The molecule has 0 aromatic carbocycles. The third-order valence-corrected chi connectivity index (χ3v) is 3.47. The van der Waals surface area contributed by atoms with E-state index < -0.39 is 0 Å². The van der Waals surface area contributed by atoms with Crippen LogP contribution in [-0.2, 0) is 12.8 Å². The summed E-state index contributed by atoms with van der Waals surface area (Å²) >= 11 is 0. The van der Waals surface area contributed by atoms with Crippen molar-refractivity contribution in [2.45, 2.75) is 40.0 Å². The molecule has 3 nitrogen and oxygen atoms in total. The van der Waals surface area contributed by atoms with Gasteiger partial charge in [0.1, 0.15) is 0 Å². The van der Waals surface area contributed by atoms with Gasteiger partial charge in [0, 0.05) is 17.8 Å². The summed E-state index contributed by atoms with van der Waals surface area (Å²) in [7, 11) is 0. The Labute approximate surface area is 91.7 Å². The minimum Gasteiger partial charge on any atom is -0.369 e. The Morgan fingerprint density at radius 1 is 1.53 bits per heavy atom. The van der Waals surface area contributed by atoms with E-state index in [1.165, 1.54) is 24.1 Å². The summed E-state index contributed by atoms with van der Waals surface area (Å²) in [5.74, 6) is 2.69. The van der Waals surface area contributed by atoms with Crippen LogP contribution in [0.25, 0.3) is 0 Å². The number of nitrogens with one attached hydrogen (secondary N) is 2. The number of fused-ring (bicyclic) bond motifs is 1. The molecule has 1 aromatic rings. The first kappa shape index (κ1) is 10.5. The minimum absolute atomic E-state index is 0.780. The van der Waals surface area contributed by atoms with E-state index in [-0.39, 0.29) is 0 Å². The lowest BCUT2D eigenvalue weighted by molar-refractivity contribution is 0.342. The highest BCUT2D eigenvalue weighted by Crippen LogP contribution is 2.32. The molecule has 0 saturated carbocycles. The van der Waals surface area contributed by atoms with Crippen molar-refractivity contribution in [3.8, 4) is 0 Å². The van der Waals surface area contributed by atoms with Crippen molar-refractivity contribution in [3.05, 3.63) is 11.3 Å². The van der Waals surface area contributed by atoms with Gasteiger partial charge in [-0.15, -0.1) is 0 Å². The van der Waals surface area contributed by atoms with Crippen LogP contribution in [0.1, 0.15) is 38.4 Å². The highest BCUT2D eigenvalue weighted by Gasteiger charge is 2.25. The lowest BCUT2D eigenvalue weighted by Gasteiger charge is -2.25. The fraction of sp³-hybridized carbons (Fsp3) is 0.750. The van der Waals surface area contributed by atoms with Crippen molar-refractivity contribution < 1.29 is 0 Å². The van der Waals surface area contributed by atoms with Gasteiger partial charge in [-0.25, -0.2) is 0 Å². The van der Waals surface area contributed by atoms with Crippen molar-refractivity contribution in [2.24, 2.45) is 11.8 Å². The molecule has 3 heteroatoms. The Bertz CT molecular complexity index is 328. The fourth-order valence-electron chi connectivity index (χ4n) is 2.40. The molecule has 1 aliphatic carbocycles. The van der Waals surface area contributed by atoms with Crippen LogP contribution in [0.5, 0.6) is 0 Å². The first-order valence-electron chi connectivity index (χ1n) is 6.02. The lowest BCUT2D eigenvalue weighted by atomic mass is 9.80. The quantitative estimate of drug-likeness (QED) is 0.800. The number of H-pyrrole nitrogens is 1. The second-order valence-corrected chi connectivity index (χ2v) is 4.81. The Morgan fingerprint density at radius 3 is 3.00 bits per heavy atom. The molecule has 0 aliphatic heterocycles. The predicted molar refractivity (Wildman–Crippen MR) is 63.1 cm³/mol. The van der Waals surface area contributed by atoms with Crippen molar-refractivity contribution in [3.63, 3.8) is 0 Å². The Balaban J connectivity index is 2.18. The first-order chi connectivity index (χ1) is 7.22. The molecule has 15 heavy (non-hydrogen) atoms. The summed E-state index contributed by atoms with van der Waals surface area (Å²) in [6, 6.07) is 0. The van der Waals surface area contributed by atoms with Crippen LogP contribution in [0, 0.1) is 11.8 Å². The second-order valence-electron chi connectivity index (χ2n) is 4.81. The molecule has 0 spiro atoms. The Kier molecular flexibility index (Phi) is 2.98. The highest BCUT2D eigenvalue weighted by molar-refractivity contribution is 5.47. The van der Waals surface area contributed by atoms with Crippen molar-refractivity contribution in [2.75, 3.05) is 11.9 Å². The number of aromatic nitrogens is 2. The fourth-order valence-corrected chi connectivity index (χ4v) is 2.40. The average molecular weight is 207 g/mol. The van der Waals surface area contributed by atoms with Crippen LogP contribution in [0.3, 0.4) is 0 Å². The molecule has 0 radical (unpaired) electrons. The number of aryl methyl sites for hydroxylation is 1. The Hall–Kier alpha value is -0.990. The number of anilines is 1. The van der Waals surface area contributed by atoms with E-state index in [4.69, 9.17) is 0 Å². The monoisotopic (exact) mass is 207 g/mol. The van der Waals surface area contributed by atoms with E-state index >= 15 is 0 Å². The SMILES string of the molecule is CCNc1n[nH]c2c1CC(C(C)C)CC2. The van der Waals surface area contributed by atoms with E-state index in [1.807, 2.05) is 0 Å². The van der Waals surface area contributed by atoms with Gasteiger partial charge in [0.25, 0.3) is 0 Å². The molecule has 0 saturated heterocycles. The maximum atomic E-state index is 4.35. The van der Waals surface area contributed by atoms with Crippen molar-refractivity contribution >= 4 is 5.82 Å². The third kappa shape index (κ3) is 2.01. The smallest absolute Gasteiger partial charge is 0.151 e. The summed E-state index contributed by atoms with van der Waals surface area (Å²) in [5.41, 5.74) is 2.78. The maximum absolute atomic E-state index is 4.35. The minimum atomic E-state index is 0.780. The van der Waals surface area contributed by atoms with Gasteiger partial charge in [0.05, 0.1) is 0 Å². The standard InChI is InChI=1S/C12H21N3/c1-4-13-12-10-7-9(8(2)3)5-6-11(10)14-15-12/h8-9H,4-7H2,1-3H3,(H2,13,14,15). The molecule has 1 aliphatic rings. The van der Waals surface area contributed by atoms with E-state index in [2.05, 4.69) is 36.3 Å². The maximum Gasteiger partial charge on any atom is 0.151 e. The summed E-state index contributed by atoms with van der Waals surface area (Å²) < 4.78 is 0. The number of hydrogen-bond acceptors (Lipinski definition) is 2. The van der Waals surface area contributed by atoms with Gasteiger partial charge in [-0.2, -0.15) is 5.10 Å². The zero-order chi connectivity index (χ0) is 10.8. The molecular weight excluding hydrogens is 186 g/mol. The molecule has 0 amide bonds.